The van der Waals surface area contributed by atoms with E-state index >= 15 is 0 Å². The van der Waals surface area contributed by atoms with Gasteiger partial charge in [0.15, 0.2) is 0 Å². The van der Waals surface area contributed by atoms with Crippen molar-refractivity contribution in [1.82, 2.24) is 15.1 Å². The number of benzene rings is 1. The van der Waals surface area contributed by atoms with Gasteiger partial charge in [0, 0.05) is 33.6 Å². The van der Waals surface area contributed by atoms with Crippen molar-refractivity contribution >= 4 is 18.1 Å². The van der Waals surface area contributed by atoms with Gasteiger partial charge in [-0.2, -0.15) is 0 Å². The number of nitrogens with zero attached hydrogens (tertiary/aromatic N) is 2. The van der Waals surface area contributed by atoms with Gasteiger partial charge in [-0.05, 0) is 46.1 Å². The van der Waals surface area contributed by atoms with Gasteiger partial charge in [-0.1, -0.05) is 30.3 Å². The summed E-state index contributed by atoms with van der Waals surface area (Å²) < 4.78 is 11.3. The number of hydrogen-bond donors (Lipinski definition) is 1. The molecule has 0 saturated carbocycles. The van der Waals surface area contributed by atoms with Gasteiger partial charge in [0.2, 0.25) is 0 Å². The molecule has 8 heteroatoms. The van der Waals surface area contributed by atoms with Crippen LogP contribution in [0.5, 0.6) is 0 Å². The Hall–Kier alpha value is -2.77. The highest BCUT2D eigenvalue weighted by Gasteiger charge is 2.32. The van der Waals surface area contributed by atoms with E-state index in [0.717, 1.165) is 5.56 Å². The summed E-state index contributed by atoms with van der Waals surface area (Å²) in [6, 6.07) is 9.22. The molecule has 0 unspecified atom stereocenters. The Morgan fingerprint density at radius 3 is 2.25 bits per heavy atom. The Morgan fingerprint density at radius 2 is 1.72 bits per heavy atom. The molecule has 0 spiro atoms. The number of amides is 3. The first-order valence-corrected chi connectivity index (χ1v) is 11.2. The third kappa shape index (κ3) is 8.05. The van der Waals surface area contributed by atoms with Gasteiger partial charge in [-0.15, -0.1) is 0 Å². The van der Waals surface area contributed by atoms with Crippen LogP contribution in [-0.2, 0) is 20.7 Å². The Kier molecular flexibility index (Phi) is 8.92. The molecule has 1 aromatic carbocycles. The molecule has 2 rings (SSSR count). The second kappa shape index (κ2) is 11.2. The van der Waals surface area contributed by atoms with Gasteiger partial charge >= 0.3 is 18.1 Å². The van der Waals surface area contributed by atoms with E-state index in [0.29, 0.717) is 32.4 Å². The molecular formula is C24H37N3O5. The van der Waals surface area contributed by atoms with Gasteiger partial charge in [0.25, 0.3) is 0 Å². The highest BCUT2D eigenvalue weighted by atomic mass is 16.6. The summed E-state index contributed by atoms with van der Waals surface area (Å²) in [6.07, 6.45) is 0.504. The summed E-state index contributed by atoms with van der Waals surface area (Å²) in [5.41, 5.74) is 0.391. The third-order valence-electron chi connectivity index (χ3n) is 5.33. The largest absolute Gasteiger partial charge is 0.460 e. The fraction of sp³-hybridized carbons (Fsp3) is 0.625. The fourth-order valence-electron chi connectivity index (χ4n) is 3.59. The molecule has 1 fully saturated rings. The maximum Gasteiger partial charge on any atom is 0.407 e. The number of carbonyl (C=O) groups is 3. The number of likely N-dealkylation sites (tertiary alicyclic amines) is 1. The lowest BCUT2D eigenvalue weighted by atomic mass is 9.96. The lowest BCUT2D eigenvalue weighted by Crippen LogP contribution is -2.48. The molecule has 2 atom stereocenters. The lowest BCUT2D eigenvalue weighted by molar-refractivity contribution is -0.156. The van der Waals surface area contributed by atoms with Crippen LogP contribution in [0, 0.1) is 5.92 Å². The van der Waals surface area contributed by atoms with E-state index in [1.165, 1.54) is 0 Å². The molecule has 1 aromatic rings. The summed E-state index contributed by atoms with van der Waals surface area (Å²) in [5, 5.41) is 2.80. The molecule has 0 aliphatic carbocycles. The quantitative estimate of drug-likeness (QED) is 0.675. The van der Waals surface area contributed by atoms with Crippen LogP contribution in [0.4, 0.5) is 9.59 Å². The summed E-state index contributed by atoms with van der Waals surface area (Å²) in [7, 11) is 3.44. The van der Waals surface area contributed by atoms with Crippen molar-refractivity contribution in [3.63, 3.8) is 0 Å². The highest BCUT2D eigenvalue weighted by molar-refractivity contribution is 5.76. The smallest absolute Gasteiger partial charge is 0.407 e. The van der Waals surface area contributed by atoms with Crippen LogP contribution in [0.2, 0.25) is 0 Å². The average Bonchev–Trinajstić information content (AvgIpc) is 2.72. The maximum atomic E-state index is 12.9. The Bertz CT molecular complexity index is 768. The standard InChI is InChI=1S/C24H37N3O5/c1-17(25-22(29)32-24(2,3)4)20(16-18-10-8-7-9-11-18)31-21(28)19-12-14-27(15-13-19)23(30)26(5)6/h7-11,17,19-20H,12-16H2,1-6H3,(H,25,29)/t17-,20+/m1/s1. The predicted molar refractivity (Wildman–Crippen MR) is 122 cm³/mol. The molecule has 32 heavy (non-hydrogen) atoms. The number of hydrogen-bond acceptors (Lipinski definition) is 5. The molecule has 178 valence electrons. The molecule has 1 aliphatic rings. The van der Waals surface area contributed by atoms with Gasteiger partial charge < -0.3 is 24.6 Å². The van der Waals surface area contributed by atoms with Crippen molar-refractivity contribution in [2.75, 3.05) is 27.2 Å². The zero-order valence-corrected chi connectivity index (χ0v) is 20.1. The van der Waals surface area contributed by atoms with Crippen LogP contribution in [-0.4, -0.2) is 72.8 Å². The number of ether oxygens (including phenoxy) is 2. The number of alkyl carbamates (subject to hydrolysis) is 1. The number of rotatable bonds is 6. The molecule has 1 N–H and O–H groups in total. The first-order chi connectivity index (χ1) is 15.0. The van der Waals surface area contributed by atoms with E-state index in [9.17, 15) is 14.4 Å². The van der Waals surface area contributed by atoms with Crippen LogP contribution in [0.1, 0.15) is 46.1 Å². The van der Waals surface area contributed by atoms with Crippen molar-refractivity contribution in [3.05, 3.63) is 35.9 Å². The lowest BCUT2D eigenvalue weighted by Gasteiger charge is -2.34. The van der Waals surface area contributed by atoms with Crippen LogP contribution in [0.15, 0.2) is 30.3 Å². The van der Waals surface area contributed by atoms with Gasteiger partial charge in [-0.25, -0.2) is 9.59 Å². The number of nitrogens with one attached hydrogen (secondary N) is 1. The molecule has 0 bridgehead atoms. The molecule has 1 heterocycles. The van der Waals surface area contributed by atoms with E-state index in [2.05, 4.69) is 5.32 Å². The van der Waals surface area contributed by atoms with Gasteiger partial charge in [0.05, 0.1) is 12.0 Å². The molecule has 1 saturated heterocycles. The summed E-state index contributed by atoms with van der Waals surface area (Å²) in [6.45, 7) is 8.24. The van der Waals surface area contributed by atoms with E-state index in [-0.39, 0.29) is 17.9 Å². The summed E-state index contributed by atoms with van der Waals surface area (Å²) in [4.78, 5) is 40.6. The number of esters is 1. The second-order valence-electron chi connectivity index (χ2n) is 9.54. The Labute approximate surface area is 191 Å². The summed E-state index contributed by atoms with van der Waals surface area (Å²) >= 11 is 0. The zero-order valence-electron chi connectivity index (χ0n) is 20.1. The molecular weight excluding hydrogens is 410 g/mol. The van der Waals surface area contributed by atoms with Crippen molar-refractivity contribution in [2.45, 2.75) is 64.7 Å². The molecule has 0 radical (unpaired) electrons. The minimum Gasteiger partial charge on any atom is -0.460 e. The van der Waals surface area contributed by atoms with Crippen LogP contribution in [0.25, 0.3) is 0 Å². The van der Waals surface area contributed by atoms with E-state index in [1.807, 2.05) is 37.3 Å². The predicted octanol–water partition coefficient (Wildman–Crippen LogP) is 3.45. The monoisotopic (exact) mass is 447 g/mol. The average molecular weight is 448 g/mol. The second-order valence-corrected chi connectivity index (χ2v) is 9.54. The van der Waals surface area contributed by atoms with Crippen molar-refractivity contribution in [3.8, 4) is 0 Å². The Morgan fingerprint density at radius 1 is 1.12 bits per heavy atom. The van der Waals surface area contributed by atoms with Crippen LogP contribution in [0.3, 0.4) is 0 Å². The third-order valence-corrected chi connectivity index (χ3v) is 5.33. The number of urea groups is 1. The molecule has 0 aromatic heterocycles. The zero-order chi connectivity index (χ0) is 23.9. The first-order valence-electron chi connectivity index (χ1n) is 11.2. The SMILES string of the molecule is C[C@@H](NC(=O)OC(C)(C)C)[C@H](Cc1ccccc1)OC(=O)C1CCN(C(=O)N(C)C)CC1. The van der Waals surface area contributed by atoms with E-state index in [4.69, 9.17) is 9.47 Å². The van der Waals surface area contributed by atoms with E-state index < -0.39 is 23.8 Å². The summed E-state index contributed by atoms with van der Waals surface area (Å²) in [5.74, 6) is -0.561. The van der Waals surface area contributed by atoms with Crippen molar-refractivity contribution < 1.29 is 23.9 Å². The maximum absolute atomic E-state index is 12.9. The first kappa shape index (κ1) is 25.5. The van der Waals surface area contributed by atoms with Crippen molar-refractivity contribution in [1.29, 1.82) is 0 Å². The van der Waals surface area contributed by atoms with Gasteiger partial charge in [-0.3, -0.25) is 4.79 Å². The van der Waals surface area contributed by atoms with Crippen LogP contribution < -0.4 is 5.32 Å². The van der Waals surface area contributed by atoms with Gasteiger partial charge in [0.1, 0.15) is 11.7 Å². The molecule has 8 nitrogen and oxygen atoms in total. The topological polar surface area (TPSA) is 88.2 Å². The minimum atomic E-state index is -0.618. The Balaban J connectivity index is 2.02. The van der Waals surface area contributed by atoms with E-state index in [1.54, 1.807) is 44.7 Å². The van der Waals surface area contributed by atoms with Crippen LogP contribution >= 0.6 is 0 Å². The molecule has 3 amide bonds. The minimum absolute atomic E-state index is 0.0473. The number of piperidine rings is 1. The highest BCUT2D eigenvalue weighted by Crippen LogP contribution is 2.22. The number of carbonyl (C=O) groups excluding carboxylic acids is 3. The van der Waals surface area contributed by atoms with Crippen molar-refractivity contribution in [2.24, 2.45) is 5.92 Å². The fourth-order valence-corrected chi connectivity index (χ4v) is 3.59. The molecule has 1 aliphatic heterocycles. The normalized spacial score (nSPS) is 16.6.